The fourth-order valence-corrected chi connectivity index (χ4v) is 5.07. The molecule has 0 aromatic heterocycles. The fourth-order valence-electron chi connectivity index (χ4n) is 5.07. The van der Waals surface area contributed by atoms with E-state index in [0.29, 0.717) is 31.1 Å². The summed E-state index contributed by atoms with van der Waals surface area (Å²) in [6.07, 6.45) is 5.47. The van der Waals surface area contributed by atoms with Crippen molar-refractivity contribution in [3.05, 3.63) is 76.5 Å². The van der Waals surface area contributed by atoms with Crippen molar-refractivity contribution in [1.82, 2.24) is 10.2 Å². The molecule has 0 bridgehead atoms. The number of nitrogens with one attached hydrogen (secondary N) is 1. The number of amides is 2. The van der Waals surface area contributed by atoms with E-state index in [2.05, 4.69) is 30.4 Å². The Morgan fingerprint density at radius 3 is 2.54 bits per heavy atom. The van der Waals surface area contributed by atoms with Crippen LogP contribution in [0.2, 0.25) is 0 Å². The number of hydrogen-bond donors (Lipinski definition) is 1. The zero-order valence-corrected chi connectivity index (χ0v) is 22.1. The number of fused-ring (bicyclic) bond motifs is 1. The first kappa shape index (κ1) is 26.9. The van der Waals surface area contributed by atoms with E-state index in [1.165, 1.54) is 5.56 Å². The predicted molar refractivity (Wildman–Crippen MR) is 143 cm³/mol. The van der Waals surface area contributed by atoms with Crippen LogP contribution in [-0.4, -0.2) is 54.9 Å². The van der Waals surface area contributed by atoms with E-state index >= 15 is 0 Å². The quantitative estimate of drug-likeness (QED) is 0.369. The van der Waals surface area contributed by atoms with Crippen LogP contribution in [0, 0.1) is 6.92 Å². The minimum atomic E-state index is -0.469. The van der Waals surface area contributed by atoms with Gasteiger partial charge < -0.3 is 24.4 Å². The number of nitrogens with zero attached hydrogens (tertiary/aromatic N) is 1. The summed E-state index contributed by atoms with van der Waals surface area (Å²) in [7, 11) is 0. The molecule has 1 N–H and O–H groups in total. The molecule has 7 nitrogen and oxygen atoms in total. The van der Waals surface area contributed by atoms with Crippen LogP contribution in [0.5, 0.6) is 0 Å². The predicted octanol–water partition coefficient (Wildman–Crippen LogP) is 4.84. The highest BCUT2D eigenvalue weighted by molar-refractivity contribution is 5.97. The fraction of sp³-hybridized carbons (Fsp3) is 0.467. The minimum absolute atomic E-state index is 0.0104. The Balaban J connectivity index is 1.46. The highest BCUT2D eigenvalue weighted by atomic mass is 16.7. The molecule has 0 radical (unpaired) electrons. The van der Waals surface area contributed by atoms with E-state index in [4.69, 9.17) is 14.2 Å². The number of carbonyl (C=O) groups is 2. The Morgan fingerprint density at radius 2 is 1.84 bits per heavy atom. The van der Waals surface area contributed by atoms with Crippen molar-refractivity contribution in [2.75, 3.05) is 19.8 Å². The topological polar surface area (TPSA) is 77.1 Å². The molecule has 2 unspecified atom stereocenters. The van der Waals surface area contributed by atoms with E-state index in [1.54, 1.807) is 18.2 Å². The molecule has 1 saturated carbocycles. The lowest BCUT2D eigenvalue weighted by molar-refractivity contribution is -0.149. The van der Waals surface area contributed by atoms with Crippen molar-refractivity contribution in [2.45, 2.75) is 71.4 Å². The average Bonchev–Trinajstić information content (AvgIpc) is 2.90. The number of aryl methyl sites for hydroxylation is 1. The Kier molecular flexibility index (Phi) is 9.36. The molecule has 2 amide bonds. The molecule has 2 aromatic carbocycles. The molecule has 0 spiro atoms. The van der Waals surface area contributed by atoms with Crippen molar-refractivity contribution in [3.8, 4) is 0 Å². The lowest BCUT2D eigenvalue weighted by atomic mass is 9.89. The smallest absolute Gasteiger partial charge is 0.289 e. The van der Waals surface area contributed by atoms with Crippen LogP contribution in [0.15, 0.2) is 54.3 Å². The lowest BCUT2D eigenvalue weighted by Gasteiger charge is -2.44. The summed E-state index contributed by atoms with van der Waals surface area (Å²) in [6, 6.07) is 15.6. The van der Waals surface area contributed by atoms with Crippen LogP contribution >= 0.6 is 0 Å². The second-order valence-electron chi connectivity index (χ2n) is 9.61. The number of morpholine rings is 1. The second kappa shape index (κ2) is 12.9. The van der Waals surface area contributed by atoms with Gasteiger partial charge >= 0.3 is 0 Å². The van der Waals surface area contributed by atoms with Gasteiger partial charge in [0, 0.05) is 25.3 Å². The highest BCUT2D eigenvalue weighted by Gasteiger charge is 2.41. The zero-order valence-electron chi connectivity index (χ0n) is 22.1. The zero-order chi connectivity index (χ0) is 26.2. The lowest BCUT2D eigenvalue weighted by Crippen LogP contribution is -2.54. The van der Waals surface area contributed by atoms with Crippen LogP contribution < -0.4 is 5.32 Å². The van der Waals surface area contributed by atoms with E-state index in [9.17, 15) is 9.59 Å². The molecule has 1 aliphatic heterocycles. The van der Waals surface area contributed by atoms with Crippen molar-refractivity contribution in [1.29, 1.82) is 0 Å². The molecular formula is C30H38N2O5. The third-order valence-corrected chi connectivity index (χ3v) is 6.86. The maximum atomic E-state index is 13.5. The minimum Gasteiger partial charge on any atom is -0.482 e. The molecule has 198 valence electrons. The van der Waals surface area contributed by atoms with Gasteiger partial charge in [-0.15, -0.1) is 0 Å². The van der Waals surface area contributed by atoms with Gasteiger partial charge in [-0.3, -0.25) is 9.59 Å². The maximum absolute atomic E-state index is 13.5. The van der Waals surface area contributed by atoms with Gasteiger partial charge in [0.25, 0.3) is 11.8 Å². The van der Waals surface area contributed by atoms with Gasteiger partial charge in [-0.05, 0) is 69.4 Å². The number of hydrogen-bond acceptors (Lipinski definition) is 5. The Morgan fingerprint density at radius 1 is 1.11 bits per heavy atom. The third kappa shape index (κ3) is 6.99. The first-order valence-electron chi connectivity index (χ1n) is 13.3. The average molecular weight is 507 g/mol. The molecule has 37 heavy (non-hydrogen) atoms. The summed E-state index contributed by atoms with van der Waals surface area (Å²) in [5.41, 5.74) is 3.65. The monoisotopic (exact) mass is 506 g/mol. The van der Waals surface area contributed by atoms with Crippen LogP contribution in [-0.2, 0) is 25.5 Å². The van der Waals surface area contributed by atoms with Crippen molar-refractivity contribution in [3.63, 3.8) is 0 Å². The van der Waals surface area contributed by atoms with Crippen molar-refractivity contribution < 1.29 is 23.8 Å². The standard InChI is InChI=1S/C30H38N2O5/c1-4-35-28(36-5-2)19-31-29(33)24-15-13-22(14-16-24)18-27-30(34)32(20-23-10-8-9-21(3)17-23)25-11-6-7-12-26(25)37-27/h8-10,13-18,25-26,28H,4-7,11-12,19-20H2,1-3H3,(H,31,33)/b27-18+. The molecule has 2 aromatic rings. The van der Waals surface area contributed by atoms with Gasteiger partial charge in [0.05, 0.1) is 12.6 Å². The molecule has 1 aliphatic carbocycles. The van der Waals surface area contributed by atoms with E-state index in [-0.39, 0.29) is 30.5 Å². The first-order chi connectivity index (χ1) is 18.0. The summed E-state index contributed by atoms with van der Waals surface area (Å²) >= 11 is 0. The summed E-state index contributed by atoms with van der Waals surface area (Å²) in [6.45, 7) is 7.71. The molecule has 2 fully saturated rings. The van der Waals surface area contributed by atoms with Gasteiger partial charge in [0.15, 0.2) is 12.0 Å². The summed E-state index contributed by atoms with van der Waals surface area (Å²) in [5.74, 6) is 0.0802. The normalized spacial score (nSPS) is 20.6. The van der Waals surface area contributed by atoms with E-state index in [1.807, 2.05) is 36.9 Å². The van der Waals surface area contributed by atoms with Crippen LogP contribution in [0.4, 0.5) is 0 Å². The van der Waals surface area contributed by atoms with Gasteiger partial charge in [-0.2, -0.15) is 0 Å². The number of carbonyl (C=O) groups excluding carboxylic acids is 2. The largest absolute Gasteiger partial charge is 0.482 e. The molecule has 2 atom stereocenters. The summed E-state index contributed by atoms with van der Waals surface area (Å²) < 4.78 is 17.2. The van der Waals surface area contributed by atoms with Crippen LogP contribution in [0.3, 0.4) is 0 Å². The molecule has 1 heterocycles. The van der Waals surface area contributed by atoms with Gasteiger partial charge in [-0.1, -0.05) is 48.4 Å². The molecular weight excluding hydrogens is 468 g/mol. The second-order valence-corrected chi connectivity index (χ2v) is 9.61. The summed E-state index contributed by atoms with van der Waals surface area (Å²) in [5, 5.41) is 2.85. The van der Waals surface area contributed by atoms with Crippen molar-refractivity contribution in [2.24, 2.45) is 0 Å². The molecule has 1 saturated heterocycles. The molecule has 7 heteroatoms. The van der Waals surface area contributed by atoms with Gasteiger partial charge in [0.1, 0.15) is 6.10 Å². The van der Waals surface area contributed by atoms with Gasteiger partial charge in [0.2, 0.25) is 0 Å². The van der Waals surface area contributed by atoms with Crippen LogP contribution in [0.1, 0.15) is 66.6 Å². The van der Waals surface area contributed by atoms with Crippen molar-refractivity contribution >= 4 is 17.9 Å². The number of ether oxygens (including phenoxy) is 3. The van der Waals surface area contributed by atoms with E-state index < -0.39 is 6.29 Å². The molecule has 2 aliphatic rings. The van der Waals surface area contributed by atoms with E-state index in [0.717, 1.165) is 36.8 Å². The Hall–Kier alpha value is -3.16. The Bertz CT molecular complexity index is 1090. The van der Waals surface area contributed by atoms with Gasteiger partial charge in [-0.25, -0.2) is 0 Å². The maximum Gasteiger partial charge on any atom is 0.289 e. The highest BCUT2D eigenvalue weighted by Crippen LogP contribution is 2.34. The number of benzene rings is 2. The first-order valence-corrected chi connectivity index (χ1v) is 13.3. The SMILES string of the molecule is CCOC(CNC(=O)c1ccc(/C=C2/OC3CCCCC3N(Cc3cccc(C)c3)C2=O)cc1)OCC. The third-order valence-electron chi connectivity index (χ3n) is 6.86. The Labute approximate surface area is 219 Å². The number of rotatable bonds is 10. The summed E-state index contributed by atoms with van der Waals surface area (Å²) in [4.78, 5) is 28.1. The van der Waals surface area contributed by atoms with Crippen LogP contribution in [0.25, 0.3) is 6.08 Å². The molecule has 4 rings (SSSR count).